The summed E-state index contributed by atoms with van der Waals surface area (Å²) < 4.78 is 23.9. The van der Waals surface area contributed by atoms with Crippen molar-refractivity contribution in [1.29, 1.82) is 0 Å². The molecule has 1 aromatic carbocycles. The highest BCUT2D eigenvalue weighted by Crippen LogP contribution is 2.46. The van der Waals surface area contributed by atoms with E-state index in [0.29, 0.717) is 24.5 Å². The Morgan fingerprint density at radius 1 is 1.00 bits per heavy atom. The maximum atomic E-state index is 9.16. The normalized spacial score (nSPS) is 13.9. The Kier molecular flexibility index (Phi) is 9.73. The Balaban J connectivity index is 3.71. The first-order chi connectivity index (χ1) is 14.4. The second kappa shape index (κ2) is 11.1. The maximum Gasteiger partial charge on any atom is 0.192 e. The Morgan fingerprint density at radius 3 is 1.97 bits per heavy atom. The predicted molar refractivity (Wildman–Crippen MR) is 129 cm³/mol. The van der Waals surface area contributed by atoms with Gasteiger partial charge in [-0.1, -0.05) is 46.2 Å². The van der Waals surface area contributed by atoms with Crippen molar-refractivity contribution in [3.05, 3.63) is 27.1 Å². The number of rotatable bonds is 11. The van der Waals surface area contributed by atoms with Gasteiger partial charge in [-0.2, -0.15) is 0 Å². The van der Waals surface area contributed by atoms with E-state index in [4.69, 9.17) is 24.2 Å². The molecule has 1 aromatic rings. The molecule has 7 nitrogen and oxygen atoms in total. The number of azide groups is 1. The van der Waals surface area contributed by atoms with Crippen LogP contribution < -0.4 is 14.2 Å². The molecule has 0 aliphatic carbocycles. The highest BCUT2D eigenvalue weighted by atomic mass is 28.4. The highest BCUT2D eigenvalue weighted by molar-refractivity contribution is 6.74. The van der Waals surface area contributed by atoms with Crippen molar-refractivity contribution in [3.8, 4) is 17.2 Å². The van der Waals surface area contributed by atoms with Crippen molar-refractivity contribution in [2.45, 2.75) is 85.2 Å². The zero-order valence-corrected chi connectivity index (χ0v) is 22.3. The lowest BCUT2D eigenvalue weighted by Gasteiger charge is -2.37. The van der Waals surface area contributed by atoms with E-state index >= 15 is 0 Å². The molecule has 0 radical (unpaired) electrons. The van der Waals surface area contributed by atoms with E-state index in [1.54, 1.807) is 21.3 Å². The van der Waals surface area contributed by atoms with Crippen molar-refractivity contribution >= 4 is 8.32 Å². The summed E-state index contributed by atoms with van der Waals surface area (Å²) in [6, 6.07) is -0.201. The molecule has 0 saturated heterocycles. The van der Waals surface area contributed by atoms with Gasteiger partial charge in [0.2, 0.25) is 0 Å². The summed E-state index contributed by atoms with van der Waals surface area (Å²) in [5, 5.41) is 4.18. The summed E-state index contributed by atoms with van der Waals surface area (Å²) in [6.45, 7) is 17.6. The lowest BCUT2D eigenvalue weighted by molar-refractivity contribution is 0.262. The summed E-state index contributed by atoms with van der Waals surface area (Å²) in [5.41, 5.74) is 11.9. The van der Waals surface area contributed by atoms with Crippen molar-refractivity contribution in [2.75, 3.05) is 21.3 Å². The molecule has 0 unspecified atom stereocenters. The third kappa shape index (κ3) is 6.09. The summed E-state index contributed by atoms with van der Waals surface area (Å²) in [6.07, 6.45) is 1.45. The van der Waals surface area contributed by atoms with Crippen LogP contribution in [-0.4, -0.2) is 35.7 Å². The van der Waals surface area contributed by atoms with Crippen LogP contribution in [-0.2, 0) is 17.5 Å². The minimum absolute atomic E-state index is 0.0730. The van der Waals surface area contributed by atoms with Crippen LogP contribution in [0.2, 0.25) is 18.1 Å². The van der Waals surface area contributed by atoms with Crippen LogP contribution in [0.5, 0.6) is 17.2 Å². The van der Waals surface area contributed by atoms with Gasteiger partial charge < -0.3 is 18.6 Å². The average molecular weight is 452 g/mol. The quantitative estimate of drug-likeness (QED) is 0.160. The molecule has 0 heterocycles. The Labute approximate surface area is 189 Å². The van der Waals surface area contributed by atoms with Gasteiger partial charge in [-0.3, -0.25) is 0 Å². The van der Waals surface area contributed by atoms with Gasteiger partial charge in [0.05, 0.1) is 27.9 Å². The first-order valence-corrected chi connectivity index (χ1v) is 13.8. The zero-order chi connectivity index (χ0) is 24.0. The zero-order valence-electron chi connectivity index (χ0n) is 21.3. The molecule has 1 rings (SSSR count). The second-order valence-electron chi connectivity index (χ2n) is 9.59. The van der Waals surface area contributed by atoms with E-state index < -0.39 is 8.32 Å². The van der Waals surface area contributed by atoms with Gasteiger partial charge in [0.1, 0.15) is 5.75 Å². The van der Waals surface area contributed by atoms with E-state index in [1.165, 1.54) is 0 Å². The molecule has 0 aliphatic heterocycles. The van der Waals surface area contributed by atoms with E-state index in [-0.39, 0.29) is 17.0 Å². The average Bonchev–Trinajstić information content (AvgIpc) is 2.70. The number of hydrogen-bond acceptors (Lipinski definition) is 5. The topological polar surface area (TPSA) is 85.7 Å². The first kappa shape index (κ1) is 27.1. The second-order valence-corrected chi connectivity index (χ2v) is 14.4. The first-order valence-electron chi connectivity index (χ1n) is 10.9. The molecule has 31 heavy (non-hydrogen) atoms. The summed E-state index contributed by atoms with van der Waals surface area (Å²) in [4.78, 5) is 3.11. The standard InChI is InChI=1S/C23H41N3O4Si/c1-12-15(2)19(25-26-24)13-17-18(14-30-31(10,11)23(4,5)6)22(29-9)21(28-8)16(3)20(17)27-7/h15,19H,12-14H2,1-11H3/t15-,19+/m1/s1. The number of hydrogen-bond donors (Lipinski definition) is 0. The molecule has 0 aromatic heterocycles. The fourth-order valence-corrected chi connectivity index (χ4v) is 4.33. The molecule has 0 amide bonds. The van der Waals surface area contributed by atoms with Gasteiger partial charge in [0.15, 0.2) is 19.8 Å². The fraction of sp³-hybridized carbons (Fsp3) is 0.739. The van der Waals surface area contributed by atoms with E-state index in [2.05, 4.69) is 57.7 Å². The predicted octanol–water partition coefficient (Wildman–Crippen LogP) is 6.81. The van der Waals surface area contributed by atoms with Crippen LogP contribution in [0.25, 0.3) is 10.4 Å². The summed E-state index contributed by atoms with van der Waals surface area (Å²) >= 11 is 0. The van der Waals surface area contributed by atoms with Crippen LogP contribution in [0.1, 0.15) is 57.7 Å². The van der Waals surface area contributed by atoms with E-state index in [0.717, 1.165) is 28.9 Å². The largest absolute Gasteiger partial charge is 0.496 e. The molecule has 0 fully saturated rings. The Morgan fingerprint density at radius 2 is 1.55 bits per heavy atom. The van der Waals surface area contributed by atoms with E-state index in [1.807, 2.05) is 6.92 Å². The molecule has 176 valence electrons. The van der Waals surface area contributed by atoms with Gasteiger partial charge in [-0.15, -0.1) is 0 Å². The Bertz CT molecular complexity index is 799. The lowest BCUT2D eigenvalue weighted by Crippen LogP contribution is -2.40. The lowest BCUT2D eigenvalue weighted by atomic mass is 9.89. The maximum absolute atomic E-state index is 9.16. The van der Waals surface area contributed by atoms with Crippen molar-refractivity contribution in [2.24, 2.45) is 11.0 Å². The molecule has 8 heteroatoms. The fourth-order valence-electron chi connectivity index (χ4n) is 3.39. The van der Waals surface area contributed by atoms with Crippen molar-refractivity contribution in [3.63, 3.8) is 0 Å². The monoisotopic (exact) mass is 451 g/mol. The molecule has 2 atom stereocenters. The van der Waals surface area contributed by atoms with Crippen LogP contribution in [0.4, 0.5) is 0 Å². The molecule has 0 saturated carbocycles. The molecular formula is C23H41N3O4Si. The SMILES string of the molecule is CC[C@@H](C)[C@H](Cc1c(CO[Si](C)(C)C(C)(C)C)c(OC)c(OC)c(C)c1OC)N=[N+]=[N-]. The van der Waals surface area contributed by atoms with Crippen LogP contribution in [0.15, 0.2) is 5.11 Å². The molecular weight excluding hydrogens is 410 g/mol. The minimum Gasteiger partial charge on any atom is -0.496 e. The van der Waals surface area contributed by atoms with Crippen LogP contribution in [0.3, 0.4) is 0 Å². The summed E-state index contributed by atoms with van der Waals surface area (Å²) in [7, 11) is 2.91. The van der Waals surface area contributed by atoms with Crippen LogP contribution in [0, 0.1) is 12.8 Å². The molecule has 0 aliphatic rings. The smallest absolute Gasteiger partial charge is 0.192 e. The Hall–Kier alpha value is -1.89. The van der Waals surface area contributed by atoms with Crippen molar-refractivity contribution in [1.82, 2.24) is 0 Å². The number of ether oxygens (including phenoxy) is 3. The van der Waals surface area contributed by atoms with Gasteiger partial charge in [0.25, 0.3) is 0 Å². The molecule has 0 bridgehead atoms. The van der Waals surface area contributed by atoms with Crippen LogP contribution >= 0.6 is 0 Å². The number of nitrogens with zero attached hydrogens (tertiary/aromatic N) is 3. The van der Waals surface area contributed by atoms with Gasteiger partial charge >= 0.3 is 0 Å². The third-order valence-electron chi connectivity index (χ3n) is 6.71. The third-order valence-corrected chi connectivity index (χ3v) is 11.2. The van der Waals surface area contributed by atoms with Gasteiger partial charge in [-0.05, 0) is 42.9 Å². The highest BCUT2D eigenvalue weighted by Gasteiger charge is 2.38. The van der Waals surface area contributed by atoms with Gasteiger partial charge in [-0.25, -0.2) is 0 Å². The minimum atomic E-state index is -2.02. The van der Waals surface area contributed by atoms with Crippen molar-refractivity contribution < 1.29 is 18.6 Å². The van der Waals surface area contributed by atoms with E-state index in [9.17, 15) is 0 Å². The number of benzene rings is 1. The summed E-state index contributed by atoms with van der Waals surface area (Å²) in [5.74, 6) is 2.25. The molecule has 0 N–H and O–H groups in total. The molecule has 0 spiro atoms. The number of methoxy groups -OCH3 is 3. The van der Waals surface area contributed by atoms with Gasteiger partial charge in [0, 0.05) is 27.6 Å².